The van der Waals surface area contributed by atoms with Gasteiger partial charge in [-0.05, 0) is 21.8 Å². The molecule has 1 heterocycles. The monoisotopic (exact) mass is 489 g/mol. The molecule has 0 N–H and O–H groups in total. The molecular formula is C29H31NO6. The highest BCUT2D eigenvalue weighted by molar-refractivity contribution is 5.47. The second-order valence-corrected chi connectivity index (χ2v) is 8.06. The normalized spacial score (nSPS) is 12.4. The van der Waals surface area contributed by atoms with Crippen LogP contribution in [0.15, 0.2) is 108 Å². The van der Waals surface area contributed by atoms with E-state index in [0.717, 1.165) is 16.7 Å². The molecule has 0 aliphatic carbocycles. The van der Waals surface area contributed by atoms with Gasteiger partial charge in [-0.3, -0.25) is 0 Å². The molecule has 0 fully saturated rings. The van der Waals surface area contributed by atoms with Crippen molar-refractivity contribution < 1.29 is 28.2 Å². The number of rotatable bonds is 15. The minimum Gasteiger partial charge on any atom is -0.467 e. The van der Waals surface area contributed by atoms with Crippen LogP contribution in [0, 0.1) is 0 Å². The molecule has 0 radical (unpaired) electrons. The fraction of sp³-hybridized carbons (Fsp3) is 0.276. The topological polar surface area (TPSA) is 72.2 Å². The largest absolute Gasteiger partial charge is 0.467 e. The zero-order chi connectivity index (χ0) is 24.9. The van der Waals surface area contributed by atoms with Gasteiger partial charge >= 0.3 is 0 Å². The molecule has 0 spiro atoms. The summed E-state index contributed by atoms with van der Waals surface area (Å²) in [5.41, 5.74) is 2.15. The third kappa shape index (κ3) is 6.59. The number of nitrogens with zero attached hydrogens (tertiary/aromatic N) is 1. The lowest BCUT2D eigenvalue weighted by Crippen LogP contribution is -2.38. The van der Waals surface area contributed by atoms with Crippen molar-refractivity contribution in [3.63, 3.8) is 0 Å². The van der Waals surface area contributed by atoms with Crippen LogP contribution < -0.4 is 4.74 Å². The first kappa shape index (κ1) is 25.6. The Kier molecular flexibility index (Phi) is 9.64. The van der Waals surface area contributed by atoms with Crippen LogP contribution in [-0.2, 0) is 24.5 Å². The Morgan fingerprint density at radius 3 is 1.81 bits per heavy atom. The second kappa shape index (κ2) is 13.6. The molecule has 0 saturated carbocycles. The zero-order valence-corrected chi connectivity index (χ0v) is 20.3. The molecule has 1 aromatic heterocycles. The van der Waals surface area contributed by atoms with Crippen LogP contribution in [0.1, 0.15) is 16.7 Å². The van der Waals surface area contributed by atoms with Crippen LogP contribution in [-0.4, -0.2) is 51.6 Å². The minimum absolute atomic E-state index is 0.114. The van der Waals surface area contributed by atoms with Crippen molar-refractivity contribution in [3.05, 3.63) is 120 Å². The van der Waals surface area contributed by atoms with E-state index < -0.39 is 11.7 Å². The van der Waals surface area contributed by atoms with E-state index in [2.05, 4.69) is 41.6 Å². The minimum atomic E-state index is -0.871. The molecule has 4 rings (SSSR count). The number of methoxy groups -OCH3 is 1. The maximum absolute atomic E-state index is 6.87. The summed E-state index contributed by atoms with van der Waals surface area (Å²) >= 11 is 0. The molecule has 36 heavy (non-hydrogen) atoms. The van der Waals surface area contributed by atoms with Crippen molar-refractivity contribution in [1.82, 2.24) is 5.16 Å². The molecule has 7 nitrogen and oxygen atoms in total. The Morgan fingerprint density at radius 2 is 1.31 bits per heavy atom. The summed E-state index contributed by atoms with van der Waals surface area (Å²) in [6.45, 7) is 1.50. The number of aromatic nitrogens is 1. The van der Waals surface area contributed by atoms with Crippen molar-refractivity contribution in [2.24, 2.45) is 0 Å². The van der Waals surface area contributed by atoms with E-state index in [0.29, 0.717) is 19.1 Å². The summed E-state index contributed by atoms with van der Waals surface area (Å²) in [4.78, 5) is 0. The smallest absolute Gasteiger partial charge is 0.254 e. The van der Waals surface area contributed by atoms with Crippen LogP contribution in [0.2, 0.25) is 0 Å². The molecule has 0 amide bonds. The average molecular weight is 490 g/mol. The van der Waals surface area contributed by atoms with Gasteiger partial charge in [0.2, 0.25) is 0 Å². The Balaban J connectivity index is 1.62. The average Bonchev–Trinajstić information content (AvgIpc) is 3.46. The van der Waals surface area contributed by atoms with Crippen molar-refractivity contribution in [2.45, 2.75) is 11.7 Å². The van der Waals surface area contributed by atoms with Crippen molar-refractivity contribution in [3.8, 4) is 5.88 Å². The Morgan fingerprint density at radius 1 is 0.722 bits per heavy atom. The van der Waals surface area contributed by atoms with Gasteiger partial charge in [-0.2, -0.15) is 0 Å². The second-order valence-electron chi connectivity index (χ2n) is 8.06. The van der Waals surface area contributed by atoms with Crippen molar-refractivity contribution in [1.29, 1.82) is 0 Å². The summed E-state index contributed by atoms with van der Waals surface area (Å²) in [5, 5.41) is 3.89. The summed E-state index contributed by atoms with van der Waals surface area (Å²) in [5.74, 6) is 0.359. The molecule has 0 aliphatic rings. The highest BCUT2D eigenvalue weighted by Crippen LogP contribution is 2.40. The van der Waals surface area contributed by atoms with Gasteiger partial charge in [0.25, 0.3) is 5.88 Å². The highest BCUT2D eigenvalue weighted by atomic mass is 16.7. The third-order valence-electron chi connectivity index (χ3n) is 5.63. The van der Waals surface area contributed by atoms with Gasteiger partial charge < -0.3 is 28.2 Å². The fourth-order valence-electron chi connectivity index (χ4n) is 3.98. The van der Waals surface area contributed by atoms with E-state index in [1.54, 1.807) is 13.2 Å². The maximum atomic E-state index is 6.87. The summed E-state index contributed by atoms with van der Waals surface area (Å²) < 4.78 is 34.0. The van der Waals surface area contributed by atoms with Crippen LogP contribution in [0.5, 0.6) is 5.88 Å². The lowest BCUT2D eigenvalue weighted by Gasteiger charge is -2.37. The zero-order valence-electron chi connectivity index (χ0n) is 20.3. The van der Waals surface area contributed by atoms with Gasteiger partial charge in [-0.1, -0.05) is 91.0 Å². The Bertz CT molecular complexity index is 1010. The Hall–Kier alpha value is -3.49. The molecule has 1 unspecified atom stereocenters. The molecule has 0 saturated heterocycles. The Labute approximate surface area is 211 Å². The first-order chi connectivity index (χ1) is 17.8. The van der Waals surface area contributed by atoms with Gasteiger partial charge in [0, 0.05) is 13.2 Å². The number of hydrogen-bond donors (Lipinski definition) is 0. The molecule has 1 atom stereocenters. The predicted molar refractivity (Wildman–Crippen MR) is 135 cm³/mol. The first-order valence-corrected chi connectivity index (χ1v) is 11.8. The van der Waals surface area contributed by atoms with Gasteiger partial charge in [0.05, 0.1) is 26.4 Å². The van der Waals surface area contributed by atoms with E-state index in [9.17, 15) is 0 Å². The first-order valence-electron chi connectivity index (χ1n) is 11.8. The quantitative estimate of drug-likeness (QED) is 0.131. The number of hydrogen-bond acceptors (Lipinski definition) is 7. The van der Waals surface area contributed by atoms with E-state index >= 15 is 0 Å². The summed E-state index contributed by atoms with van der Waals surface area (Å²) in [7, 11) is 1.63. The lowest BCUT2D eigenvalue weighted by atomic mass is 9.80. The molecule has 7 heteroatoms. The maximum Gasteiger partial charge on any atom is 0.254 e. The van der Waals surface area contributed by atoms with Crippen LogP contribution >= 0.6 is 0 Å². The molecular weight excluding hydrogens is 458 g/mol. The standard InChI is InChI=1S/C29H31NO6/c1-31-19-20-32-23-33-21-27(36-28-17-18-35-30-28)22-34-29(24-11-5-2-6-12-24,25-13-7-3-8-14-25)26-15-9-4-10-16-26/h2-18,27H,19-23H2,1H3. The fourth-order valence-corrected chi connectivity index (χ4v) is 3.98. The lowest BCUT2D eigenvalue weighted by molar-refractivity contribution is -0.104. The molecule has 0 aliphatic heterocycles. The van der Waals surface area contributed by atoms with Crippen LogP contribution in [0.25, 0.3) is 0 Å². The summed E-state index contributed by atoms with van der Waals surface area (Å²) in [6, 6.07) is 32.2. The van der Waals surface area contributed by atoms with Gasteiger partial charge in [0.15, 0.2) is 0 Å². The SMILES string of the molecule is COCCOCOCC(COC(c1ccccc1)(c1ccccc1)c1ccccc1)Oc1ccon1. The predicted octanol–water partition coefficient (Wildman–Crippen LogP) is 5.07. The summed E-state index contributed by atoms with van der Waals surface area (Å²) in [6.07, 6.45) is 0.987. The van der Waals surface area contributed by atoms with E-state index in [1.807, 2.05) is 54.6 Å². The number of benzene rings is 3. The van der Waals surface area contributed by atoms with Gasteiger partial charge in [-0.25, -0.2) is 0 Å². The van der Waals surface area contributed by atoms with Crippen molar-refractivity contribution in [2.75, 3.05) is 40.3 Å². The number of ether oxygens (including phenoxy) is 5. The van der Waals surface area contributed by atoms with E-state index in [1.165, 1.54) is 6.26 Å². The van der Waals surface area contributed by atoms with Crippen LogP contribution in [0.3, 0.4) is 0 Å². The highest BCUT2D eigenvalue weighted by Gasteiger charge is 2.38. The third-order valence-corrected chi connectivity index (χ3v) is 5.63. The molecule has 0 bridgehead atoms. The van der Waals surface area contributed by atoms with Gasteiger partial charge in [0.1, 0.15) is 24.8 Å². The molecule has 3 aromatic carbocycles. The molecule has 188 valence electrons. The molecule has 4 aromatic rings. The van der Waals surface area contributed by atoms with Crippen LogP contribution in [0.4, 0.5) is 0 Å². The van der Waals surface area contributed by atoms with Gasteiger partial charge in [-0.15, -0.1) is 0 Å². The van der Waals surface area contributed by atoms with E-state index in [-0.39, 0.29) is 20.0 Å². The van der Waals surface area contributed by atoms with Crippen molar-refractivity contribution >= 4 is 0 Å². The van der Waals surface area contributed by atoms with E-state index in [4.69, 9.17) is 28.2 Å².